The van der Waals surface area contributed by atoms with E-state index in [1.807, 2.05) is 19.9 Å². The summed E-state index contributed by atoms with van der Waals surface area (Å²) < 4.78 is 5.19. The quantitative estimate of drug-likeness (QED) is 0.372. The van der Waals surface area contributed by atoms with E-state index in [1.54, 1.807) is 18.2 Å². The Hall–Kier alpha value is -2.69. The van der Waals surface area contributed by atoms with Gasteiger partial charge in [0.1, 0.15) is 0 Å². The number of nitro benzene ring substituents is 1. The van der Waals surface area contributed by atoms with Crippen molar-refractivity contribution in [2.45, 2.75) is 20.3 Å². The van der Waals surface area contributed by atoms with Crippen molar-refractivity contribution >= 4 is 11.7 Å². The van der Waals surface area contributed by atoms with Crippen molar-refractivity contribution < 1.29 is 14.5 Å². The van der Waals surface area contributed by atoms with E-state index in [0.717, 1.165) is 17.5 Å². The molecule has 0 atom stereocenters. The van der Waals surface area contributed by atoms with Crippen molar-refractivity contribution in [1.82, 2.24) is 0 Å². The third-order valence-corrected chi connectivity index (χ3v) is 3.31. The van der Waals surface area contributed by atoms with Crippen LogP contribution in [-0.2, 0) is 6.42 Å². The number of carbonyl (C=O) groups is 1. The molecule has 0 saturated carbocycles. The Balaban J connectivity index is 2.33. The second kappa shape index (κ2) is 6.17. The number of hydrogen-bond donors (Lipinski definition) is 0. The topological polar surface area (TPSA) is 69.4 Å². The van der Waals surface area contributed by atoms with Gasteiger partial charge in [-0.15, -0.1) is 0 Å². The highest BCUT2D eigenvalue weighted by Crippen LogP contribution is 2.27. The van der Waals surface area contributed by atoms with E-state index < -0.39 is 10.9 Å². The Morgan fingerprint density at radius 1 is 1.19 bits per heavy atom. The van der Waals surface area contributed by atoms with Crippen molar-refractivity contribution in [3.05, 3.63) is 69.3 Å². The molecular weight excluding hydrogens is 270 g/mol. The van der Waals surface area contributed by atoms with E-state index in [0.29, 0.717) is 5.56 Å². The Bertz CT molecular complexity index is 694. The van der Waals surface area contributed by atoms with Crippen LogP contribution in [0, 0.1) is 17.0 Å². The second-order valence-electron chi connectivity index (χ2n) is 4.56. The standard InChI is InChI=1S/C16H15NO4/c1-3-12-7-6-8-13(11(12)2)16(18)21-15-10-5-4-9-14(15)17(19)20/h4-10H,3H2,1-2H3. The molecule has 0 fully saturated rings. The van der Waals surface area contributed by atoms with E-state index in [9.17, 15) is 14.9 Å². The lowest BCUT2D eigenvalue weighted by atomic mass is 10.0. The molecule has 108 valence electrons. The summed E-state index contributed by atoms with van der Waals surface area (Å²) in [6, 6.07) is 11.2. The minimum atomic E-state index is -0.586. The zero-order chi connectivity index (χ0) is 15.4. The fourth-order valence-electron chi connectivity index (χ4n) is 2.14. The molecular formula is C16H15NO4. The Kier molecular flexibility index (Phi) is 4.33. The van der Waals surface area contributed by atoms with Gasteiger partial charge in [0.2, 0.25) is 5.75 Å². The summed E-state index contributed by atoms with van der Waals surface area (Å²) in [5.41, 5.74) is 2.08. The molecule has 5 heteroatoms. The first-order chi connectivity index (χ1) is 10.0. The highest BCUT2D eigenvalue weighted by molar-refractivity contribution is 5.93. The van der Waals surface area contributed by atoms with E-state index in [2.05, 4.69) is 0 Å². The van der Waals surface area contributed by atoms with Crippen molar-refractivity contribution in [2.24, 2.45) is 0 Å². The molecule has 0 aliphatic carbocycles. The average Bonchev–Trinajstić information content (AvgIpc) is 2.47. The molecule has 2 rings (SSSR count). The number of esters is 1. The number of nitro groups is 1. The van der Waals surface area contributed by atoms with Gasteiger partial charge >= 0.3 is 11.7 Å². The summed E-state index contributed by atoms with van der Waals surface area (Å²) in [5.74, 6) is -0.633. The zero-order valence-electron chi connectivity index (χ0n) is 11.8. The SMILES string of the molecule is CCc1cccc(C(=O)Oc2ccccc2[N+](=O)[O-])c1C. The maximum atomic E-state index is 12.2. The van der Waals surface area contributed by atoms with Crippen LogP contribution in [-0.4, -0.2) is 10.9 Å². The summed E-state index contributed by atoms with van der Waals surface area (Å²) in [6.45, 7) is 3.84. The second-order valence-corrected chi connectivity index (χ2v) is 4.56. The monoisotopic (exact) mass is 285 g/mol. The van der Waals surface area contributed by atoms with Gasteiger partial charge in [-0.3, -0.25) is 10.1 Å². The molecule has 21 heavy (non-hydrogen) atoms. The lowest BCUT2D eigenvalue weighted by Crippen LogP contribution is -2.12. The molecule has 5 nitrogen and oxygen atoms in total. The van der Waals surface area contributed by atoms with Gasteiger partial charge in [0.15, 0.2) is 0 Å². The van der Waals surface area contributed by atoms with Gasteiger partial charge in [-0.25, -0.2) is 4.79 Å². The first kappa shape index (κ1) is 14.7. The highest BCUT2D eigenvalue weighted by Gasteiger charge is 2.19. The number of para-hydroxylation sites is 2. The summed E-state index contributed by atoms with van der Waals surface area (Å²) in [5, 5.41) is 10.9. The van der Waals surface area contributed by atoms with Gasteiger partial charge in [-0.05, 0) is 36.6 Å². The number of carbonyl (C=O) groups excluding carboxylic acids is 1. The largest absolute Gasteiger partial charge is 0.416 e. The molecule has 2 aromatic carbocycles. The molecule has 0 bridgehead atoms. The van der Waals surface area contributed by atoms with Crippen LogP contribution in [0.25, 0.3) is 0 Å². The maximum Gasteiger partial charge on any atom is 0.344 e. The molecule has 2 aromatic rings. The molecule has 0 aliphatic rings. The molecule has 0 aliphatic heterocycles. The normalized spacial score (nSPS) is 10.2. The molecule has 0 N–H and O–H groups in total. The molecule has 0 amide bonds. The van der Waals surface area contributed by atoms with Crippen molar-refractivity contribution in [2.75, 3.05) is 0 Å². The van der Waals surface area contributed by atoms with Crippen LogP contribution in [0.15, 0.2) is 42.5 Å². The van der Waals surface area contributed by atoms with Crippen molar-refractivity contribution in [3.8, 4) is 5.75 Å². The lowest BCUT2D eigenvalue weighted by Gasteiger charge is -2.09. The van der Waals surface area contributed by atoms with Crippen LogP contribution in [0.3, 0.4) is 0 Å². The van der Waals surface area contributed by atoms with Gasteiger partial charge in [-0.2, -0.15) is 0 Å². The molecule has 0 aromatic heterocycles. The predicted molar refractivity (Wildman–Crippen MR) is 78.6 cm³/mol. The van der Waals surface area contributed by atoms with Gasteiger partial charge in [0.05, 0.1) is 10.5 Å². The van der Waals surface area contributed by atoms with E-state index >= 15 is 0 Å². The Labute approximate surface area is 122 Å². The smallest absolute Gasteiger partial charge is 0.344 e. The van der Waals surface area contributed by atoms with Crippen LogP contribution in [0.2, 0.25) is 0 Å². The lowest BCUT2D eigenvalue weighted by molar-refractivity contribution is -0.385. The predicted octanol–water partition coefficient (Wildman–Crippen LogP) is 3.68. The van der Waals surface area contributed by atoms with Crippen LogP contribution in [0.5, 0.6) is 5.75 Å². The molecule has 0 unspecified atom stereocenters. The van der Waals surface area contributed by atoms with Crippen LogP contribution < -0.4 is 4.74 Å². The number of rotatable bonds is 4. The third kappa shape index (κ3) is 3.08. The number of benzene rings is 2. The van der Waals surface area contributed by atoms with E-state index in [1.165, 1.54) is 18.2 Å². The Morgan fingerprint density at radius 2 is 1.90 bits per heavy atom. The van der Waals surface area contributed by atoms with Gasteiger partial charge in [0.25, 0.3) is 0 Å². The average molecular weight is 285 g/mol. The number of ether oxygens (including phenoxy) is 1. The van der Waals surface area contributed by atoms with Gasteiger partial charge in [0, 0.05) is 6.07 Å². The summed E-state index contributed by atoms with van der Waals surface area (Å²) >= 11 is 0. The van der Waals surface area contributed by atoms with Crippen LogP contribution >= 0.6 is 0 Å². The first-order valence-corrected chi connectivity index (χ1v) is 6.58. The van der Waals surface area contributed by atoms with E-state index in [4.69, 9.17) is 4.74 Å². The fourth-order valence-corrected chi connectivity index (χ4v) is 2.14. The van der Waals surface area contributed by atoms with Gasteiger partial charge < -0.3 is 4.74 Å². The Morgan fingerprint density at radius 3 is 2.57 bits per heavy atom. The third-order valence-electron chi connectivity index (χ3n) is 3.31. The molecule has 0 spiro atoms. The molecule has 0 saturated heterocycles. The molecule has 0 heterocycles. The fraction of sp³-hybridized carbons (Fsp3) is 0.188. The first-order valence-electron chi connectivity index (χ1n) is 6.58. The number of hydrogen-bond acceptors (Lipinski definition) is 4. The maximum absolute atomic E-state index is 12.2. The minimum absolute atomic E-state index is 0.0474. The van der Waals surface area contributed by atoms with Crippen molar-refractivity contribution in [1.29, 1.82) is 0 Å². The number of nitrogens with zero attached hydrogens (tertiary/aromatic N) is 1. The highest BCUT2D eigenvalue weighted by atomic mass is 16.6. The van der Waals surface area contributed by atoms with Crippen LogP contribution in [0.1, 0.15) is 28.4 Å². The van der Waals surface area contributed by atoms with E-state index in [-0.39, 0.29) is 11.4 Å². The minimum Gasteiger partial charge on any atom is -0.416 e. The summed E-state index contributed by atoms with van der Waals surface area (Å²) in [7, 11) is 0. The zero-order valence-corrected chi connectivity index (χ0v) is 11.8. The van der Waals surface area contributed by atoms with Crippen LogP contribution in [0.4, 0.5) is 5.69 Å². The van der Waals surface area contributed by atoms with Gasteiger partial charge in [-0.1, -0.05) is 31.2 Å². The molecule has 0 radical (unpaired) electrons. The van der Waals surface area contributed by atoms with Crippen molar-refractivity contribution in [3.63, 3.8) is 0 Å². The summed E-state index contributed by atoms with van der Waals surface area (Å²) in [4.78, 5) is 22.6. The summed E-state index contributed by atoms with van der Waals surface area (Å²) in [6.07, 6.45) is 0.804. The number of aryl methyl sites for hydroxylation is 1.